The number of hydrogen-bond acceptors (Lipinski definition) is 8. The molecule has 23 heavy (non-hydrogen) atoms. The molecule has 1 N–H and O–H groups in total. The van der Waals surface area contributed by atoms with Crippen LogP contribution < -0.4 is 9.47 Å². The van der Waals surface area contributed by atoms with Crippen molar-refractivity contribution in [3.8, 4) is 17.2 Å². The van der Waals surface area contributed by atoms with E-state index < -0.39 is 4.92 Å². The van der Waals surface area contributed by atoms with Crippen LogP contribution in [0.1, 0.15) is 0 Å². The van der Waals surface area contributed by atoms with Gasteiger partial charge in [-0.2, -0.15) is 10.2 Å². The van der Waals surface area contributed by atoms with Crippen molar-refractivity contribution in [2.24, 2.45) is 10.2 Å². The molecule has 9 heteroatoms. The standard InChI is InChI=1S/C14H11N3O6/c1-22-14-7-10(2-4-11(14)17(20)21)16-15-9-3-5-13(23-8-18)12(19)6-9/h2-8,19H,1H3. The number of aromatic hydroxyl groups is 1. The molecule has 0 aliphatic carbocycles. The number of nitro benzene ring substituents is 1. The summed E-state index contributed by atoms with van der Waals surface area (Å²) in [5.74, 6) is -0.213. The summed E-state index contributed by atoms with van der Waals surface area (Å²) in [6, 6.07) is 8.12. The smallest absolute Gasteiger partial charge is 0.311 e. The molecule has 2 rings (SSSR count). The lowest BCUT2D eigenvalue weighted by Gasteiger charge is -2.02. The average Bonchev–Trinajstić information content (AvgIpc) is 2.54. The summed E-state index contributed by atoms with van der Waals surface area (Å²) in [5, 5.41) is 28.2. The second-order valence-electron chi connectivity index (χ2n) is 4.18. The van der Waals surface area contributed by atoms with Crippen molar-refractivity contribution >= 4 is 23.5 Å². The zero-order valence-electron chi connectivity index (χ0n) is 11.9. The largest absolute Gasteiger partial charge is 0.504 e. The number of methoxy groups -OCH3 is 1. The maximum atomic E-state index is 10.8. The van der Waals surface area contributed by atoms with Crippen LogP contribution in [0.3, 0.4) is 0 Å². The second-order valence-corrected chi connectivity index (χ2v) is 4.18. The molecular weight excluding hydrogens is 306 g/mol. The Bertz CT molecular complexity index is 775. The van der Waals surface area contributed by atoms with Crippen LogP contribution in [0.5, 0.6) is 17.2 Å². The molecule has 0 heterocycles. The third-order valence-electron chi connectivity index (χ3n) is 2.76. The molecule has 0 saturated heterocycles. The number of nitro groups is 1. The van der Waals surface area contributed by atoms with Gasteiger partial charge in [-0.3, -0.25) is 14.9 Å². The predicted molar refractivity (Wildman–Crippen MR) is 78.6 cm³/mol. The molecular formula is C14H11N3O6. The fourth-order valence-corrected chi connectivity index (χ4v) is 1.71. The van der Waals surface area contributed by atoms with Gasteiger partial charge >= 0.3 is 5.69 Å². The van der Waals surface area contributed by atoms with Crippen LogP contribution in [0.15, 0.2) is 46.6 Å². The van der Waals surface area contributed by atoms with Crippen LogP contribution in [-0.2, 0) is 4.79 Å². The highest BCUT2D eigenvalue weighted by Gasteiger charge is 2.14. The Hall–Kier alpha value is -3.49. The van der Waals surface area contributed by atoms with Gasteiger partial charge in [-0.05, 0) is 18.2 Å². The summed E-state index contributed by atoms with van der Waals surface area (Å²) < 4.78 is 9.47. The highest BCUT2D eigenvalue weighted by molar-refractivity contribution is 5.57. The lowest BCUT2D eigenvalue weighted by molar-refractivity contribution is -0.385. The van der Waals surface area contributed by atoms with Crippen molar-refractivity contribution in [3.05, 3.63) is 46.5 Å². The van der Waals surface area contributed by atoms with Gasteiger partial charge in [0.05, 0.1) is 23.4 Å². The summed E-state index contributed by atoms with van der Waals surface area (Å²) in [5.41, 5.74) is 0.456. The molecule has 0 aliphatic heterocycles. The van der Waals surface area contributed by atoms with E-state index in [4.69, 9.17) is 4.74 Å². The van der Waals surface area contributed by atoms with Crippen LogP contribution in [0.2, 0.25) is 0 Å². The number of nitrogens with zero attached hydrogens (tertiary/aromatic N) is 3. The van der Waals surface area contributed by atoms with E-state index in [1.807, 2.05) is 0 Å². The molecule has 9 nitrogen and oxygen atoms in total. The Balaban J connectivity index is 2.24. The third kappa shape index (κ3) is 3.79. The third-order valence-corrected chi connectivity index (χ3v) is 2.76. The van der Waals surface area contributed by atoms with Crippen LogP contribution >= 0.6 is 0 Å². The normalized spacial score (nSPS) is 10.5. The first-order valence-corrected chi connectivity index (χ1v) is 6.22. The summed E-state index contributed by atoms with van der Waals surface area (Å²) >= 11 is 0. The maximum absolute atomic E-state index is 10.8. The Labute approximate surface area is 130 Å². The molecule has 0 spiro atoms. The van der Waals surface area contributed by atoms with Gasteiger partial charge in [-0.15, -0.1) is 0 Å². The Morgan fingerprint density at radius 1 is 1.13 bits per heavy atom. The van der Waals surface area contributed by atoms with Crippen LogP contribution in [0.4, 0.5) is 17.1 Å². The van der Waals surface area contributed by atoms with Gasteiger partial charge in [0.1, 0.15) is 0 Å². The van der Waals surface area contributed by atoms with Crippen molar-refractivity contribution < 1.29 is 24.3 Å². The monoisotopic (exact) mass is 317 g/mol. The van der Waals surface area contributed by atoms with Gasteiger partial charge in [0.2, 0.25) is 0 Å². The SMILES string of the molecule is COc1cc(N=Nc2ccc(OC=O)c(O)c2)ccc1[N+](=O)[O-]. The number of azo groups is 1. The maximum Gasteiger partial charge on any atom is 0.311 e. The number of carbonyl (C=O) groups is 1. The zero-order chi connectivity index (χ0) is 16.8. The van der Waals surface area contributed by atoms with Crippen molar-refractivity contribution in [1.29, 1.82) is 0 Å². The molecule has 0 radical (unpaired) electrons. The van der Waals surface area contributed by atoms with Gasteiger partial charge in [0, 0.05) is 18.2 Å². The number of phenolic OH excluding ortho intramolecular Hbond substituents is 1. The van der Waals surface area contributed by atoms with Gasteiger partial charge in [0.25, 0.3) is 6.47 Å². The first-order valence-electron chi connectivity index (χ1n) is 6.22. The summed E-state index contributed by atoms with van der Waals surface area (Å²) in [6.07, 6.45) is 0. The lowest BCUT2D eigenvalue weighted by Crippen LogP contribution is -1.92. The molecule has 0 aliphatic rings. The molecule has 118 valence electrons. The lowest BCUT2D eigenvalue weighted by atomic mass is 10.2. The van der Waals surface area contributed by atoms with Crippen molar-refractivity contribution in [2.45, 2.75) is 0 Å². The molecule has 2 aromatic carbocycles. The Kier molecular flexibility index (Phi) is 4.82. The van der Waals surface area contributed by atoms with E-state index in [0.29, 0.717) is 11.4 Å². The topological polar surface area (TPSA) is 124 Å². The van der Waals surface area contributed by atoms with E-state index in [1.165, 1.54) is 43.5 Å². The first kappa shape index (κ1) is 15.9. The van der Waals surface area contributed by atoms with Crippen LogP contribution in [0.25, 0.3) is 0 Å². The molecule has 0 saturated carbocycles. The number of benzene rings is 2. The number of carbonyl (C=O) groups excluding carboxylic acids is 1. The average molecular weight is 317 g/mol. The summed E-state index contributed by atoms with van der Waals surface area (Å²) in [4.78, 5) is 20.5. The molecule has 0 bridgehead atoms. The molecule has 0 amide bonds. The number of hydrogen-bond donors (Lipinski definition) is 1. The van der Waals surface area contributed by atoms with Gasteiger partial charge in [0.15, 0.2) is 17.2 Å². The fraction of sp³-hybridized carbons (Fsp3) is 0.0714. The van der Waals surface area contributed by atoms with Crippen molar-refractivity contribution in [1.82, 2.24) is 0 Å². The zero-order valence-corrected chi connectivity index (χ0v) is 11.9. The predicted octanol–water partition coefficient (Wildman–Crippen LogP) is 3.26. The minimum absolute atomic E-state index is 0.00375. The van der Waals surface area contributed by atoms with Crippen LogP contribution in [0, 0.1) is 10.1 Å². The summed E-state index contributed by atoms with van der Waals surface area (Å²) in [7, 11) is 1.31. The van der Waals surface area contributed by atoms with Crippen LogP contribution in [-0.4, -0.2) is 23.6 Å². The van der Waals surface area contributed by atoms with Crippen molar-refractivity contribution in [2.75, 3.05) is 7.11 Å². The number of ether oxygens (including phenoxy) is 2. The Morgan fingerprint density at radius 2 is 1.78 bits per heavy atom. The van der Waals surface area contributed by atoms with Gasteiger partial charge in [-0.1, -0.05) is 0 Å². The fourth-order valence-electron chi connectivity index (χ4n) is 1.71. The van der Waals surface area contributed by atoms with E-state index in [9.17, 15) is 20.0 Å². The summed E-state index contributed by atoms with van der Waals surface area (Å²) in [6.45, 7) is 0.194. The van der Waals surface area contributed by atoms with E-state index in [2.05, 4.69) is 15.0 Å². The Morgan fingerprint density at radius 3 is 2.35 bits per heavy atom. The minimum Gasteiger partial charge on any atom is -0.504 e. The molecule has 0 atom stereocenters. The second kappa shape index (κ2) is 6.98. The molecule has 2 aromatic rings. The van der Waals surface area contributed by atoms with E-state index in [1.54, 1.807) is 0 Å². The minimum atomic E-state index is -0.566. The van der Waals surface area contributed by atoms with E-state index in [0.717, 1.165) is 0 Å². The molecule has 0 fully saturated rings. The molecule has 0 aromatic heterocycles. The van der Waals surface area contributed by atoms with E-state index >= 15 is 0 Å². The number of phenols is 1. The van der Waals surface area contributed by atoms with E-state index in [-0.39, 0.29) is 29.4 Å². The molecule has 0 unspecified atom stereocenters. The highest BCUT2D eigenvalue weighted by Crippen LogP contribution is 2.33. The van der Waals surface area contributed by atoms with Gasteiger partial charge in [-0.25, -0.2) is 0 Å². The quantitative estimate of drug-likeness (QED) is 0.377. The van der Waals surface area contributed by atoms with Gasteiger partial charge < -0.3 is 14.6 Å². The highest BCUT2D eigenvalue weighted by atomic mass is 16.6. The number of rotatable bonds is 6. The van der Waals surface area contributed by atoms with Crippen molar-refractivity contribution in [3.63, 3.8) is 0 Å². The first-order chi connectivity index (χ1) is 11.0.